The summed E-state index contributed by atoms with van der Waals surface area (Å²) in [7, 11) is 3.17. The van der Waals surface area contributed by atoms with Crippen molar-refractivity contribution in [2.24, 2.45) is 0 Å². The second-order valence-corrected chi connectivity index (χ2v) is 2.01. The van der Waals surface area contributed by atoms with Gasteiger partial charge in [-0.05, 0) is 0 Å². The lowest BCUT2D eigenvalue weighted by atomic mass is 10.3. The van der Waals surface area contributed by atoms with E-state index in [0.29, 0.717) is 12.8 Å². The largest absolute Gasteiger partial charge is 0.356 e. The van der Waals surface area contributed by atoms with Crippen molar-refractivity contribution in [1.29, 1.82) is 0 Å². The second kappa shape index (κ2) is 7.44. The molecule has 3 heteroatoms. The molecule has 0 spiro atoms. The molecule has 64 valence electrons. The molecule has 0 aromatic heterocycles. The van der Waals surface area contributed by atoms with Crippen LogP contribution in [0.15, 0.2) is 12.2 Å². The monoisotopic (exact) mass is 158 g/mol. The van der Waals surface area contributed by atoms with Gasteiger partial charge in [-0.3, -0.25) is 0 Å². The molecule has 0 radical (unpaired) electrons. The van der Waals surface area contributed by atoms with Crippen LogP contribution in [0.4, 0.5) is 0 Å². The van der Waals surface area contributed by atoms with Gasteiger partial charge in [0.15, 0.2) is 6.29 Å². The molecule has 0 aliphatic heterocycles. The molecule has 0 unspecified atom stereocenters. The van der Waals surface area contributed by atoms with Gasteiger partial charge in [-0.1, -0.05) is 12.2 Å². The molecule has 0 bridgehead atoms. The third kappa shape index (κ3) is 5.76. The van der Waals surface area contributed by atoms with Crippen LogP contribution in [-0.4, -0.2) is 26.8 Å². The van der Waals surface area contributed by atoms with Crippen molar-refractivity contribution in [2.75, 3.05) is 14.2 Å². The van der Waals surface area contributed by atoms with Gasteiger partial charge in [-0.2, -0.15) is 0 Å². The Kier molecular flexibility index (Phi) is 6.98. The highest BCUT2D eigenvalue weighted by Gasteiger charge is 1.99. The van der Waals surface area contributed by atoms with E-state index in [9.17, 15) is 4.79 Å². The van der Waals surface area contributed by atoms with Crippen LogP contribution in [0.3, 0.4) is 0 Å². The Morgan fingerprint density at radius 1 is 1.27 bits per heavy atom. The smallest absolute Gasteiger partial charge is 0.160 e. The first-order valence-corrected chi connectivity index (χ1v) is 3.49. The summed E-state index contributed by atoms with van der Waals surface area (Å²) in [5.41, 5.74) is 0. The van der Waals surface area contributed by atoms with Gasteiger partial charge in [0.25, 0.3) is 0 Å². The van der Waals surface area contributed by atoms with E-state index in [-0.39, 0.29) is 6.29 Å². The minimum absolute atomic E-state index is 0.196. The first kappa shape index (κ1) is 10.3. The van der Waals surface area contributed by atoms with E-state index < -0.39 is 0 Å². The van der Waals surface area contributed by atoms with Crippen LogP contribution in [-0.2, 0) is 14.3 Å². The molecule has 0 heterocycles. The van der Waals surface area contributed by atoms with Crippen LogP contribution in [0.1, 0.15) is 12.8 Å². The van der Waals surface area contributed by atoms with Crippen molar-refractivity contribution >= 4 is 6.29 Å². The van der Waals surface area contributed by atoms with Crippen molar-refractivity contribution in [3.05, 3.63) is 12.2 Å². The molecule has 0 fully saturated rings. The number of carbonyl (C=O) groups is 1. The predicted octanol–water partition coefficient (Wildman–Crippen LogP) is 1.14. The number of ether oxygens (including phenoxy) is 2. The van der Waals surface area contributed by atoms with Crippen LogP contribution >= 0.6 is 0 Å². The Morgan fingerprint density at radius 3 is 2.36 bits per heavy atom. The summed E-state index contributed by atoms with van der Waals surface area (Å²) in [5.74, 6) is 0. The molecular formula is C8H14O3. The van der Waals surface area contributed by atoms with Crippen LogP contribution in [0, 0.1) is 0 Å². The fraction of sp³-hybridized carbons (Fsp3) is 0.625. The summed E-state index contributed by atoms with van der Waals surface area (Å²) in [4.78, 5) is 9.87. The SMILES string of the molecule is COC(C/C=C\CC=O)OC. The fourth-order valence-electron chi connectivity index (χ4n) is 0.648. The average Bonchev–Trinajstić information content (AvgIpc) is 2.05. The maximum Gasteiger partial charge on any atom is 0.160 e. The van der Waals surface area contributed by atoms with Crippen LogP contribution in [0.5, 0.6) is 0 Å². The number of hydrogen-bond acceptors (Lipinski definition) is 3. The molecule has 0 amide bonds. The number of aldehydes is 1. The number of methoxy groups -OCH3 is 2. The summed E-state index contributed by atoms with van der Waals surface area (Å²) < 4.78 is 9.84. The summed E-state index contributed by atoms with van der Waals surface area (Å²) in [6.07, 6.45) is 5.45. The molecule has 0 saturated heterocycles. The predicted molar refractivity (Wildman–Crippen MR) is 42.2 cm³/mol. The lowest BCUT2D eigenvalue weighted by molar-refractivity contribution is -0.107. The highest BCUT2D eigenvalue weighted by Crippen LogP contribution is 1.98. The molecule has 0 aromatic carbocycles. The highest BCUT2D eigenvalue weighted by molar-refractivity contribution is 5.51. The van der Waals surface area contributed by atoms with E-state index in [4.69, 9.17) is 9.47 Å². The maximum absolute atomic E-state index is 9.87. The Balaban J connectivity index is 3.40. The molecule has 0 N–H and O–H groups in total. The van der Waals surface area contributed by atoms with Gasteiger partial charge in [-0.25, -0.2) is 0 Å². The standard InChI is InChI=1S/C8H14O3/c1-10-8(11-2)6-4-3-5-7-9/h3-4,7-8H,5-6H2,1-2H3/b4-3-. The van der Waals surface area contributed by atoms with Gasteiger partial charge in [0.1, 0.15) is 6.29 Å². The van der Waals surface area contributed by atoms with Crippen molar-refractivity contribution in [1.82, 2.24) is 0 Å². The first-order chi connectivity index (χ1) is 5.35. The first-order valence-electron chi connectivity index (χ1n) is 3.49. The summed E-state index contributed by atoms with van der Waals surface area (Å²) in [5, 5.41) is 0. The van der Waals surface area contributed by atoms with E-state index in [0.717, 1.165) is 6.29 Å². The van der Waals surface area contributed by atoms with Gasteiger partial charge in [0.2, 0.25) is 0 Å². The minimum Gasteiger partial charge on any atom is -0.356 e. The number of hydrogen-bond donors (Lipinski definition) is 0. The van der Waals surface area contributed by atoms with Gasteiger partial charge >= 0.3 is 0 Å². The molecule has 0 rings (SSSR count). The molecule has 0 atom stereocenters. The third-order valence-corrected chi connectivity index (χ3v) is 1.25. The molecule has 0 aliphatic carbocycles. The lowest BCUT2D eigenvalue weighted by Gasteiger charge is -2.09. The van der Waals surface area contributed by atoms with E-state index in [1.807, 2.05) is 6.08 Å². The van der Waals surface area contributed by atoms with E-state index in [1.54, 1.807) is 20.3 Å². The minimum atomic E-state index is -0.196. The van der Waals surface area contributed by atoms with Crippen molar-refractivity contribution in [3.63, 3.8) is 0 Å². The normalized spacial score (nSPS) is 11.2. The number of rotatable bonds is 6. The average molecular weight is 158 g/mol. The van der Waals surface area contributed by atoms with Gasteiger partial charge in [-0.15, -0.1) is 0 Å². The highest BCUT2D eigenvalue weighted by atomic mass is 16.7. The van der Waals surface area contributed by atoms with E-state index in [1.165, 1.54) is 0 Å². The van der Waals surface area contributed by atoms with E-state index in [2.05, 4.69) is 0 Å². The van der Waals surface area contributed by atoms with Crippen LogP contribution in [0.25, 0.3) is 0 Å². The van der Waals surface area contributed by atoms with Crippen molar-refractivity contribution in [3.8, 4) is 0 Å². The third-order valence-electron chi connectivity index (χ3n) is 1.25. The topological polar surface area (TPSA) is 35.5 Å². The molecule has 0 saturated carbocycles. The van der Waals surface area contributed by atoms with Gasteiger partial charge in [0.05, 0.1) is 0 Å². The zero-order valence-corrected chi connectivity index (χ0v) is 6.95. The molecule has 11 heavy (non-hydrogen) atoms. The number of carbonyl (C=O) groups excluding carboxylic acids is 1. The number of allylic oxidation sites excluding steroid dienone is 1. The Labute approximate surface area is 67.0 Å². The summed E-state index contributed by atoms with van der Waals surface area (Å²) in [6, 6.07) is 0. The Morgan fingerprint density at radius 2 is 1.91 bits per heavy atom. The van der Waals surface area contributed by atoms with Crippen molar-refractivity contribution in [2.45, 2.75) is 19.1 Å². The van der Waals surface area contributed by atoms with Crippen LogP contribution < -0.4 is 0 Å². The zero-order valence-electron chi connectivity index (χ0n) is 6.95. The Bertz CT molecular complexity index is 117. The quantitative estimate of drug-likeness (QED) is 0.330. The second-order valence-electron chi connectivity index (χ2n) is 2.01. The zero-order chi connectivity index (χ0) is 8.53. The summed E-state index contributed by atoms with van der Waals surface area (Å²) in [6.45, 7) is 0. The Hall–Kier alpha value is -0.670. The van der Waals surface area contributed by atoms with Gasteiger partial charge < -0.3 is 14.3 Å². The van der Waals surface area contributed by atoms with Crippen molar-refractivity contribution < 1.29 is 14.3 Å². The molecular weight excluding hydrogens is 144 g/mol. The molecule has 3 nitrogen and oxygen atoms in total. The fourth-order valence-corrected chi connectivity index (χ4v) is 0.648. The van der Waals surface area contributed by atoms with Crippen LogP contribution in [0.2, 0.25) is 0 Å². The summed E-state index contributed by atoms with van der Waals surface area (Å²) >= 11 is 0. The maximum atomic E-state index is 9.87. The van der Waals surface area contributed by atoms with Gasteiger partial charge in [0, 0.05) is 27.1 Å². The lowest BCUT2D eigenvalue weighted by Crippen LogP contribution is -2.10. The molecule has 0 aliphatic rings. The molecule has 0 aromatic rings. The van der Waals surface area contributed by atoms with E-state index >= 15 is 0 Å².